The molecule has 0 spiro atoms. The first kappa shape index (κ1) is 21.2. The third-order valence-electron chi connectivity index (χ3n) is 5.86. The maximum atomic E-state index is 5.68. The normalized spacial score (nSPS) is 23.3. The van der Waals surface area contributed by atoms with Crippen molar-refractivity contribution in [1.29, 1.82) is 0 Å². The molecule has 2 aromatic rings. The Hall–Kier alpha value is -2.03. The fraction of sp³-hybridized carbons (Fsp3) is 0.545. The number of thioether (sulfide) groups is 1. The maximum Gasteiger partial charge on any atom is 0.149 e. The number of aromatic nitrogens is 2. The Morgan fingerprint density at radius 1 is 1.13 bits per heavy atom. The molecule has 1 aromatic carbocycles. The number of piperidine rings is 1. The summed E-state index contributed by atoms with van der Waals surface area (Å²) in [6.07, 6.45) is 3.95. The largest absolute Gasteiger partial charge is 0.496 e. The molecule has 1 unspecified atom stereocenters. The van der Waals surface area contributed by atoms with E-state index in [2.05, 4.69) is 77.8 Å². The van der Waals surface area contributed by atoms with Crippen LogP contribution in [-0.4, -0.2) is 56.9 Å². The van der Waals surface area contributed by atoms with Gasteiger partial charge in [0.05, 0.1) is 18.4 Å². The van der Waals surface area contributed by atoms with Gasteiger partial charge in [-0.1, -0.05) is 17.8 Å². The van der Waals surface area contributed by atoms with Crippen LogP contribution in [0.5, 0.6) is 5.75 Å². The van der Waals surface area contributed by atoms with E-state index in [9.17, 15) is 0 Å². The molecule has 0 saturated carbocycles. The van der Waals surface area contributed by atoms with E-state index in [4.69, 9.17) is 4.74 Å². The number of rotatable bonds is 5. The lowest BCUT2D eigenvalue weighted by Gasteiger charge is -2.49. The Morgan fingerprint density at radius 3 is 2.50 bits per heavy atom. The van der Waals surface area contributed by atoms with E-state index in [0.29, 0.717) is 6.04 Å². The Kier molecular flexibility index (Phi) is 5.59. The average Bonchev–Trinajstić information content (AvgIpc) is 3.36. The molecular formula is C22H32N6OS. The van der Waals surface area contributed by atoms with Crippen molar-refractivity contribution in [3.05, 3.63) is 36.0 Å². The van der Waals surface area contributed by atoms with Gasteiger partial charge in [-0.2, -0.15) is 10.2 Å². The second-order valence-corrected chi connectivity index (χ2v) is 10.6. The summed E-state index contributed by atoms with van der Waals surface area (Å²) in [5, 5.41) is 16.4. The number of methoxy groups -OCH3 is 1. The second-order valence-electron chi connectivity index (χ2n) is 9.52. The summed E-state index contributed by atoms with van der Waals surface area (Å²) in [5.41, 5.74) is 6.66. The van der Waals surface area contributed by atoms with Crippen LogP contribution in [0.3, 0.4) is 0 Å². The highest BCUT2D eigenvalue weighted by Crippen LogP contribution is 2.36. The molecule has 0 aliphatic carbocycles. The average molecular weight is 429 g/mol. The number of H-pyrrole nitrogens is 1. The predicted molar refractivity (Wildman–Crippen MR) is 124 cm³/mol. The highest BCUT2D eigenvalue weighted by atomic mass is 32.2. The third kappa shape index (κ3) is 4.36. The summed E-state index contributed by atoms with van der Waals surface area (Å²) in [5.74, 6) is 0.808. The van der Waals surface area contributed by atoms with Crippen LogP contribution in [0.4, 0.5) is 0 Å². The summed E-state index contributed by atoms with van der Waals surface area (Å²) in [4.78, 5) is 2.43. The van der Waals surface area contributed by atoms with E-state index in [1.807, 2.05) is 12.1 Å². The van der Waals surface area contributed by atoms with Crippen molar-refractivity contribution in [2.24, 2.45) is 5.10 Å². The molecule has 0 bridgehead atoms. The molecule has 7 nitrogen and oxygen atoms in total. The monoisotopic (exact) mass is 428 g/mol. The van der Waals surface area contributed by atoms with Gasteiger partial charge in [0, 0.05) is 28.9 Å². The summed E-state index contributed by atoms with van der Waals surface area (Å²) < 4.78 is 5.68. The van der Waals surface area contributed by atoms with Crippen molar-refractivity contribution >= 4 is 16.8 Å². The first-order valence-corrected chi connectivity index (χ1v) is 11.2. The van der Waals surface area contributed by atoms with Gasteiger partial charge in [0.25, 0.3) is 0 Å². The van der Waals surface area contributed by atoms with Crippen LogP contribution in [0.1, 0.15) is 46.1 Å². The lowest BCUT2D eigenvalue weighted by molar-refractivity contribution is 0.0706. The molecule has 1 saturated heterocycles. The zero-order chi connectivity index (χ0) is 21.5. The Labute approximate surface area is 183 Å². The standard InChI is InChI=1S/C22H32N6OS/c1-21(2)12-15(13-22(3,4)27-21)28(5)20-26-25-19(30-20)16-8-7-14(11-18(16)29-6)17-9-10-23-24-17/h7-11,15,20,26-27H,12-13H2,1-6H3,(H,23,24). The maximum absolute atomic E-state index is 5.68. The van der Waals surface area contributed by atoms with E-state index < -0.39 is 0 Å². The van der Waals surface area contributed by atoms with E-state index in [-0.39, 0.29) is 16.6 Å². The molecule has 1 aromatic heterocycles. The van der Waals surface area contributed by atoms with Gasteiger partial charge in [-0.3, -0.25) is 15.4 Å². The first-order chi connectivity index (χ1) is 14.2. The lowest BCUT2D eigenvalue weighted by atomic mass is 9.79. The minimum atomic E-state index is 0.103. The van der Waals surface area contributed by atoms with Gasteiger partial charge in [-0.15, -0.1) is 0 Å². The molecule has 0 radical (unpaired) electrons. The van der Waals surface area contributed by atoms with E-state index in [1.54, 1.807) is 25.1 Å². The molecular weight excluding hydrogens is 396 g/mol. The molecule has 8 heteroatoms. The summed E-state index contributed by atoms with van der Waals surface area (Å²) in [6.45, 7) is 9.16. The molecule has 3 N–H and O–H groups in total. The molecule has 30 heavy (non-hydrogen) atoms. The van der Waals surface area contributed by atoms with Gasteiger partial charge >= 0.3 is 0 Å². The molecule has 2 aliphatic heterocycles. The summed E-state index contributed by atoms with van der Waals surface area (Å²) in [6, 6.07) is 8.59. The Bertz CT molecular complexity index is 908. The van der Waals surface area contributed by atoms with Crippen LogP contribution >= 0.6 is 11.8 Å². The van der Waals surface area contributed by atoms with Gasteiger partial charge in [-0.05, 0) is 65.8 Å². The lowest BCUT2D eigenvalue weighted by Crippen LogP contribution is -2.63. The van der Waals surface area contributed by atoms with Crippen LogP contribution in [0.2, 0.25) is 0 Å². The number of hydrogen-bond donors (Lipinski definition) is 3. The van der Waals surface area contributed by atoms with Crippen LogP contribution < -0.4 is 15.5 Å². The van der Waals surface area contributed by atoms with Crippen LogP contribution in [-0.2, 0) is 0 Å². The Morgan fingerprint density at radius 2 is 1.87 bits per heavy atom. The number of benzene rings is 1. The van der Waals surface area contributed by atoms with E-state index in [0.717, 1.165) is 40.5 Å². The number of nitrogens with zero attached hydrogens (tertiary/aromatic N) is 3. The van der Waals surface area contributed by atoms with Gasteiger partial charge in [0.2, 0.25) is 0 Å². The van der Waals surface area contributed by atoms with E-state index >= 15 is 0 Å². The molecule has 0 amide bonds. The smallest absolute Gasteiger partial charge is 0.149 e. The number of aromatic amines is 1. The van der Waals surface area contributed by atoms with Crippen molar-refractivity contribution in [3.63, 3.8) is 0 Å². The molecule has 1 fully saturated rings. The number of nitrogens with one attached hydrogen (secondary N) is 3. The predicted octanol–water partition coefficient (Wildman–Crippen LogP) is 3.61. The van der Waals surface area contributed by atoms with Gasteiger partial charge in [-0.25, -0.2) is 0 Å². The highest BCUT2D eigenvalue weighted by molar-refractivity contribution is 8.15. The van der Waals surface area contributed by atoms with Crippen molar-refractivity contribution in [2.75, 3.05) is 14.2 Å². The van der Waals surface area contributed by atoms with Crippen molar-refractivity contribution < 1.29 is 4.74 Å². The van der Waals surface area contributed by atoms with Crippen LogP contribution in [0, 0.1) is 0 Å². The van der Waals surface area contributed by atoms with Gasteiger partial charge in [0.15, 0.2) is 0 Å². The van der Waals surface area contributed by atoms with Crippen LogP contribution in [0.25, 0.3) is 11.3 Å². The van der Waals surface area contributed by atoms with Gasteiger partial charge in [0.1, 0.15) is 16.3 Å². The molecule has 162 valence electrons. The third-order valence-corrected chi connectivity index (χ3v) is 7.05. The molecule has 1 atom stereocenters. The van der Waals surface area contributed by atoms with Crippen molar-refractivity contribution in [2.45, 2.75) is 63.2 Å². The zero-order valence-corrected chi connectivity index (χ0v) is 19.4. The second kappa shape index (κ2) is 7.90. The number of ether oxygens (including phenoxy) is 1. The topological polar surface area (TPSA) is 77.6 Å². The van der Waals surface area contributed by atoms with Crippen molar-refractivity contribution in [1.82, 2.24) is 25.8 Å². The minimum Gasteiger partial charge on any atom is -0.496 e. The van der Waals surface area contributed by atoms with Crippen molar-refractivity contribution in [3.8, 4) is 17.0 Å². The molecule has 4 rings (SSSR count). The highest BCUT2D eigenvalue weighted by Gasteiger charge is 2.41. The summed E-state index contributed by atoms with van der Waals surface area (Å²) in [7, 11) is 3.90. The van der Waals surface area contributed by atoms with Gasteiger partial charge < -0.3 is 10.1 Å². The fourth-order valence-electron chi connectivity index (χ4n) is 4.77. The number of hydrazone groups is 1. The number of hydrogen-bond acceptors (Lipinski definition) is 7. The minimum absolute atomic E-state index is 0.103. The first-order valence-electron chi connectivity index (χ1n) is 10.4. The fourth-order valence-corrected chi connectivity index (χ4v) is 5.83. The zero-order valence-electron chi connectivity index (χ0n) is 18.6. The van der Waals surface area contributed by atoms with E-state index in [1.165, 1.54) is 0 Å². The quantitative estimate of drug-likeness (QED) is 0.675. The summed E-state index contributed by atoms with van der Waals surface area (Å²) >= 11 is 1.74. The Balaban J connectivity index is 1.49. The molecule has 2 aliphatic rings. The molecule has 3 heterocycles. The van der Waals surface area contributed by atoms with Crippen LogP contribution in [0.15, 0.2) is 35.6 Å². The SMILES string of the molecule is COc1cc(-c2ccn[nH]2)ccc1C1=NNC(N(C)C2CC(C)(C)NC(C)(C)C2)S1.